The number of allylic oxidation sites excluding steroid dienone is 1. The lowest BCUT2D eigenvalue weighted by Gasteiger charge is -2.57. The summed E-state index contributed by atoms with van der Waals surface area (Å²) in [5.74, 6) is 4.33. The van der Waals surface area contributed by atoms with Gasteiger partial charge in [0.05, 0.1) is 11.9 Å². The lowest BCUT2D eigenvalue weighted by atomic mass is 9.48. The average Bonchev–Trinajstić information content (AvgIpc) is 3.34. The number of halogens is 1. The zero-order chi connectivity index (χ0) is 20.2. The lowest BCUT2D eigenvalue weighted by molar-refractivity contribution is -0.110. The van der Waals surface area contributed by atoms with Crippen LogP contribution in [0.15, 0.2) is 30.9 Å². The van der Waals surface area contributed by atoms with Crippen LogP contribution < -0.4 is 0 Å². The second-order valence-electron chi connectivity index (χ2n) is 11.1. The van der Waals surface area contributed by atoms with Gasteiger partial charge >= 0.3 is 0 Å². The van der Waals surface area contributed by atoms with E-state index in [2.05, 4.69) is 23.1 Å². The lowest BCUT2D eigenvalue weighted by Crippen LogP contribution is -2.51. The van der Waals surface area contributed by atoms with Gasteiger partial charge in [0.25, 0.3) is 0 Å². The number of aliphatic hydroxyl groups is 1. The Kier molecular flexibility index (Phi) is 4.92. The van der Waals surface area contributed by atoms with Gasteiger partial charge in [-0.15, -0.1) is 0 Å². The number of aromatic nitrogens is 2. The van der Waals surface area contributed by atoms with Gasteiger partial charge in [-0.25, -0.2) is 9.37 Å². The first kappa shape index (κ1) is 19.8. The van der Waals surface area contributed by atoms with Gasteiger partial charge in [0.1, 0.15) is 6.67 Å². The molecule has 0 bridgehead atoms. The molecule has 4 saturated carbocycles. The minimum Gasteiger partial charge on any atom is -0.387 e. The third-order valence-electron chi connectivity index (χ3n) is 9.79. The van der Waals surface area contributed by atoms with Crippen LogP contribution in [-0.2, 0) is 6.54 Å². The molecule has 8 atom stereocenters. The summed E-state index contributed by atoms with van der Waals surface area (Å²) in [7, 11) is 0. The molecule has 3 nitrogen and oxygen atoms in total. The van der Waals surface area contributed by atoms with Gasteiger partial charge in [-0.2, -0.15) is 0 Å². The minimum atomic E-state index is -1.03. The molecule has 4 aliphatic rings. The van der Waals surface area contributed by atoms with Gasteiger partial charge in [0, 0.05) is 18.9 Å². The topological polar surface area (TPSA) is 38.0 Å². The Morgan fingerprint density at radius 2 is 1.97 bits per heavy atom. The Hall–Kier alpha value is -1.16. The highest BCUT2D eigenvalue weighted by atomic mass is 19.1. The molecule has 0 aromatic carbocycles. The molecular weight excluding hydrogens is 363 g/mol. The van der Waals surface area contributed by atoms with Crippen LogP contribution >= 0.6 is 0 Å². The number of alkyl halides is 1. The van der Waals surface area contributed by atoms with E-state index in [0.717, 1.165) is 36.6 Å². The first-order valence-corrected chi connectivity index (χ1v) is 11.9. The molecule has 0 spiro atoms. The predicted octanol–water partition coefficient (Wildman–Crippen LogP) is 5.41. The van der Waals surface area contributed by atoms with E-state index in [1.807, 2.05) is 18.7 Å². The zero-order valence-corrected chi connectivity index (χ0v) is 17.9. The maximum absolute atomic E-state index is 13.4. The van der Waals surface area contributed by atoms with Crippen LogP contribution in [0.1, 0.15) is 64.7 Å². The zero-order valence-electron chi connectivity index (χ0n) is 17.9. The van der Waals surface area contributed by atoms with E-state index < -0.39 is 12.3 Å². The van der Waals surface area contributed by atoms with Crippen molar-refractivity contribution in [3.05, 3.63) is 30.9 Å². The predicted molar refractivity (Wildman–Crippen MR) is 113 cm³/mol. The second-order valence-corrected chi connectivity index (χ2v) is 11.1. The first-order valence-electron chi connectivity index (χ1n) is 11.9. The molecular formula is C25H37FN2O. The molecule has 0 aliphatic heterocycles. The van der Waals surface area contributed by atoms with Crippen LogP contribution in [-0.4, -0.2) is 26.9 Å². The molecule has 5 rings (SSSR count). The first-order chi connectivity index (χ1) is 13.9. The van der Waals surface area contributed by atoms with Crippen molar-refractivity contribution >= 4 is 0 Å². The fraction of sp³-hybridized carbons (Fsp3) is 0.800. The van der Waals surface area contributed by atoms with Crippen LogP contribution in [0.3, 0.4) is 0 Å². The number of nitrogens with zero attached hydrogens (tertiary/aromatic N) is 2. The Morgan fingerprint density at radius 1 is 1.14 bits per heavy atom. The van der Waals surface area contributed by atoms with Gasteiger partial charge < -0.3 is 9.67 Å². The van der Waals surface area contributed by atoms with E-state index >= 15 is 0 Å². The summed E-state index contributed by atoms with van der Waals surface area (Å²) in [6.07, 6.45) is 15.9. The highest BCUT2D eigenvalue weighted by molar-refractivity contribution is 5.16. The summed E-state index contributed by atoms with van der Waals surface area (Å²) >= 11 is 0. The summed E-state index contributed by atoms with van der Waals surface area (Å²) in [5.41, 5.74) is 0.742. The molecule has 0 amide bonds. The summed E-state index contributed by atoms with van der Waals surface area (Å²) in [4.78, 5) is 4.19. The Bertz CT molecular complexity index is 748. The van der Waals surface area contributed by atoms with Crippen molar-refractivity contribution in [2.24, 2.45) is 40.9 Å². The third-order valence-corrected chi connectivity index (χ3v) is 9.79. The molecule has 0 radical (unpaired) electrons. The molecule has 4 fully saturated rings. The smallest absolute Gasteiger partial charge is 0.118 e. The van der Waals surface area contributed by atoms with Crippen LogP contribution in [0.5, 0.6) is 0 Å². The summed E-state index contributed by atoms with van der Waals surface area (Å²) in [5, 5.41) is 10.5. The maximum Gasteiger partial charge on any atom is 0.118 e. The fourth-order valence-electron chi connectivity index (χ4n) is 8.48. The molecule has 1 heterocycles. The highest BCUT2D eigenvalue weighted by Gasteiger charge is 2.58. The van der Waals surface area contributed by atoms with Crippen molar-refractivity contribution < 1.29 is 9.50 Å². The van der Waals surface area contributed by atoms with Crippen LogP contribution in [0, 0.1) is 40.9 Å². The van der Waals surface area contributed by atoms with Crippen molar-refractivity contribution in [3.8, 4) is 0 Å². The quantitative estimate of drug-likeness (QED) is 0.686. The number of hydrogen-bond donors (Lipinski definition) is 1. The van der Waals surface area contributed by atoms with E-state index in [-0.39, 0.29) is 0 Å². The molecule has 1 aromatic rings. The number of hydrogen-bond acceptors (Lipinski definition) is 2. The SMILES string of the molecule is C=C(Cn1ccnc1)[C@H]1CC[C@H]2[C@@H]3CC[C@H]4C[C@](O)(CF)CC[C@@H]4[C@H]3CC[C@]12C. The minimum absolute atomic E-state index is 0.389. The number of rotatable bonds is 4. The molecule has 0 unspecified atom stereocenters. The number of fused-ring (bicyclic) bond motifs is 5. The maximum atomic E-state index is 13.4. The third kappa shape index (κ3) is 3.21. The molecule has 160 valence electrons. The van der Waals surface area contributed by atoms with Crippen molar-refractivity contribution in [1.29, 1.82) is 0 Å². The normalized spacial score (nSPS) is 46.6. The van der Waals surface area contributed by atoms with Gasteiger partial charge in [-0.3, -0.25) is 0 Å². The van der Waals surface area contributed by atoms with Gasteiger partial charge in [0.2, 0.25) is 0 Å². The molecule has 1 N–H and O–H groups in total. The van der Waals surface area contributed by atoms with E-state index in [0.29, 0.717) is 30.1 Å². The van der Waals surface area contributed by atoms with Gasteiger partial charge in [-0.1, -0.05) is 19.1 Å². The van der Waals surface area contributed by atoms with Crippen molar-refractivity contribution in [2.45, 2.75) is 76.9 Å². The molecule has 1 aromatic heterocycles. The summed E-state index contributed by atoms with van der Waals surface area (Å²) in [6.45, 7) is 7.42. The van der Waals surface area contributed by atoms with Crippen LogP contribution in [0.25, 0.3) is 0 Å². The largest absolute Gasteiger partial charge is 0.387 e. The van der Waals surface area contributed by atoms with Crippen LogP contribution in [0.4, 0.5) is 4.39 Å². The van der Waals surface area contributed by atoms with E-state index in [1.165, 1.54) is 44.1 Å². The van der Waals surface area contributed by atoms with Gasteiger partial charge in [-0.05, 0) is 98.7 Å². The van der Waals surface area contributed by atoms with Crippen molar-refractivity contribution in [1.82, 2.24) is 9.55 Å². The molecule has 4 heteroatoms. The monoisotopic (exact) mass is 400 g/mol. The standard InChI is InChI=1S/C25H37FN2O/c1-17(14-28-12-11-27-16-28)22-5-6-23-21-4-3-18-13-25(29,15-26)10-8-19(18)20(21)7-9-24(22,23)2/h11-12,16,18-23,29H,1,3-10,13-15H2,2H3/t18-,19-,20+,21+,22+,23-,24+,25-/m0/s1. The summed E-state index contributed by atoms with van der Waals surface area (Å²) < 4.78 is 15.5. The average molecular weight is 401 g/mol. The van der Waals surface area contributed by atoms with Crippen molar-refractivity contribution in [2.75, 3.05) is 6.67 Å². The Morgan fingerprint density at radius 3 is 2.72 bits per heavy atom. The molecule has 29 heavy (non-hydrogen) atoms. The molecule has 0 saturated heterocycles. The van der Waals surface area contributed by atoms with E-state index in [1.54, 1.807) is 0 Å². The molecule has 4 aliphatic carbocycles. The van der Waals surface area contributed by atoms with Crippen molar-refractivity contribution in [3.63, 3.8) is 0 Å². The highest BCUT2D eigenvalue weighted by Crippen LogP contribution is 2.65. The van der Waals surface area contributed by atoms with E-state index in [4.69, 9.17) is 0 Å². The summed E-state index contributed by atoms with van der Waals surface area (Å²) in [6, 6.07) is 0. The fourth-order valence-corrected chi connectivity index (χ4v) is 8.48. The van der Waals surface area contributed by atoms with Gasteiger partial charge in [0.15, 0.2) is 0 Å². The Labute approximate surface area is 174 Å². The van der Waals surface area contributed by atoms with E-state index in [9.17, 15) is 9.50 Å². The van der Waals surface area contributed by atoms with Crippen LogP contribution in [0.2, 0.25) is 0 Å². The second kappa shape index (κ2) is 7.21. The Balaban J connectivity index is 1.31. The number of imidazole rings is 1.